The van der Waals surface area contributed by atoms with Crippen LogP contribution in [-0.2, 0) is 0 Å². The summed E-state index contributed by atoms with van der Waals surface area (Å²) in [5.41, 5.74) is 0.782. The van der Waals surface area contributed by atoms with Crippen LogP contribution in [0.2, 0.25) is 0 Å². The molecule has 0 saturated heterocycles. The maximum absolute atomic E-state index is 11.2. The van der Waals surface area contributed by atoms with Gasteiger partial charge in [0, 0.05) is 0 Å². The van der Waals surface area contributed by atoms with E-state index in [4.69, 9.17) is 4.74 Å². The second-order valence-electron chi connectivity index (χ2n) is 3.79. The number of ether oxygens (including phenoxy) is 1. The fraction of sp³-hybridized carbons (Fsp3) is 0. The van der Waals surface area contributed by atoms with E-state index in [0.29, 0.717) is 16.9 Å². The minimum atomic E-state index is -0.291. The van der Waals surface area contributed by atoms with Gasteiger partial charge in [-0.15, -0.1) is 0 Å². The van der Waals surface area contributed by atoms with E-state index >= 15 is 0 Å². The van der Waals surface area contributed by atoms with Crippen molar-refractivity contribution in [2.24, 2.45) is 0 Å². The van der Waals surface area contributed by atoms with Crippen molar-refractivity contribution in [2.75, 3.05) is 0 Å². The molecule has 18 heavy (non-hydrogen) atoms. The second kappa shape index (κ2) is 4.35. The van der Waals surface area contributed by atoms with E-state index in [2.05, 4.69) is 15.0 Å². The SMILES string of the molecule is O=c1[nH]c2nccc(Oc3cccc([AsH2])c3)c2[nH]1. The van der Waals surface area contributed by atoms with Crippen LogP contribution in [0.1, 0.15) is 0 Å². The summed E-state index contributed by atoms with van der Waals surface area (Å²) in [7, 11) is 0. The average molecular weight is 303 g/mol. The van der Waals surface area contributed by atoms with E-state index < -0.39 is 0 Å². The van der Waals surface area contributed by atoms with Crippen LogP contribution in [0.15, 0.2) is 41.3 Å². The van der Waals surface area contributed by atoms with Crippen molar-refractivity contribution in [1.82, 2.24) is 15.0 Å². The van der Waals surface area contributed by atoms with Crippen LogP contribution in [0.5, 0.6) is 11.5 Å². The number of H-pyrrole nitrogens is 2. The summed E-state index contributed by atoms with van der Waals surface area (Å²) in [6.07, 6.45) is 1.60. The summed E-state index contributed by atoms with van der Waals surface area (Å²) in [4.78, 5) is 20.6. The van der Waals surface area contributed by atoms with Gasteiger partial charge in [-0.2, -0.15) is 0 Å². The number of pyridine rings is 1. The number of aromatic amines is 2. The fourth-order valence-electron chi connectivity index (χ4n) is 1.70. The zero-order chi connectivity index (χ0) is 12.5. The minimum absolute atomic E-state index is 0.291. The molecule has 0 bridgehead atoms. The van der Waals surface area contributed by atoms with Crippen LogP contribution in [0, 0.1) is 0 Å². The molecule has 0 aliphatic carbocycles. The Bertz CT molecular complexity index is 763. The number of imidazole rings is 1. The summed E-state index contributed by atoms with van der Waals surface area (Å²) < 4.78 is 6.94. The number of nitrogens with zero attached hydrogens (tertiary/aromatic N) is 1. The Morgan fingerprint density at radius 3 is 2.94 bits per heavy atom. The molecule has 90 valence electrons. The predicted octanol–water partition coefficient (Wildman–Crippen LogP) is 0.302. The van der Waals surface area contributed by atoms with Crippen LogP contribution >= 0.6 is 0 Å². The van der Waals surface area contributed by atoms with Crippen molar-refractivity contribution in [3.05, 3.63) is 47.0 Å². The molecule has 1 aromatic carbocycles. The van der Waals surface area contributed by atoms with Crippen molar-refractivity contribution in [3.63, 3.8) is 0 Å². The number of nitrogens with one attached hydrogen (secondary N) is 2. The summed E-state index contributed by atoms with van der Waals surface area (Å²) in [6, 6.07) is 9.51. The van der Waals surface area contributed by atoms with E-state index in [-0.39, 0.29) is 5.69 Å². The molecule has 0 fully saturated rings. The van der Waals surface area contributed by atoms with Gasteiger partial charge in [0.05, 0.1) is 0 Å². The van der Waals surface area contributed by atoms with Gasteiger partial charge in [-0.05, 0) is 0 Å². The Labute approximate surface area is 111 Å². The number of benzene rings is 1. The molecule has 0 saturated carbocycles. The average Bonchev–Trinajstić information content (AvgIpc) is 2.71. The quantitative estimate of drug-likeness (QED) is 0.669. The zero-order valence-corrected chi connectivity index (χ0v) is 11.7. The van der Waals surface area contributed by atoms with Gasteiger partial charge in [0.25, 0.3) is 0 Å². The Morgan fingerprint density at radius 2 is 2.11 bits per heavy atom. The molecule has 6 heteroatoms. The van der Waals surface area contributed by atoms with Crippen molar-refractivity contribution < 1.29 is 4.74 Å². The van der Waals surface area contributed by atoms with Crippen molar-refractivity contribution in [2.45, 2.75) is 0 Å². The van der Waals surface area contributed by atoms with E-state index in [0.717, 1.165) is 5.75 Å². The Balaban J connectivity index is 2.07. The molecule has 3 aromatic rings. The Kier molecular flexibility index (Phi) is 2.68. The van der Waals surface area contributed by atoms with Crippen molar-refractivity contribution >= 4 is 32.4 Å². The Morgan fingerprint density at radius 1 is 1.22 bits per heavy atom. The third-order valence-corrected chi connectivity index (χ3v) is 3.22. The van der Waals surface area contributed by atoms with Gasteiger partial charge in [-0.1, -0.05) is 0 Å². The maximum atomic E-state index is 11.2. The van der Waals surface area contributed by atoms with Crippen LogP contribution < -0.4 is 14.8 Å². The van der Waals surface area contributed by atoms with Gasteiger partial charge >= 0.3 is 111 Å². The topological polar surface area (TPSA) is 70.8 Å². The number of rotatable bonds is 2. The Hall–Kier alpha value is -2.00. The molecule has 0 aliphatic heterocycles. The number of aromatic nitrogens is 3. The standard InChI is InChI=1S/C12H10AsN3O2/c13-7-2-1-3-8(6-7)18-9-4-5-14-11-10(9)15-12(17)16-11/h1-6H,13H2,(H2,14,15,16,17). The summed E-state index contributed by atoms with van der Waals surface area (Å²) in [5, 5.41) is 0. The van der Waals surface area contributed by atoms with Gasteiger partial charge in [0.2, 0.25) is 0 Å². The first kappa shape index (κ1) is 11.1. The van der Waals surface area contributed by atoms with E-state index in [1.165, 1.54) is 21.2 Å². The predicted molar refractivity (Wildman–Crippen MR) is 71.4 cm³/mol. The normalized spacial score (nSPS) is 10.7. The third kappa shape index (κ3) is 2.05. The molecule has 2 aromatic heterocycles. The van der Waals surface area contributed by atoms with Crippen LogP contribution in [0.25, 0.3) is 11.2 Å². The van der Waals surface area contributed by atoms with Crippen molar-refractivity contribution in [1.29, 1.82) is 0 Å². The van der Waals surface area contributed by atoms with Gasteiger partial charge in [0.1, 0.15) is 0 Å². The van der Waals surface area contributed by atoms with Gasteiger partial charge in [0.15, 0.2) is 0 Å². The van der Waals surface area contributed by atoms with E-state index in [9.17, 15) is 4.79 Å². The van der Waals surface area contributed by atoms with E-state index in [1.807, 2.05) is 24.3 Å². The molecular weight excluding hydrogens is 293 g/mol. The molecule has 0 amide bonds. The fourth-order valence-corrected chi connectivity index (χ4v) is 2.28. The molecule has 2 N–H and O–H groups in total. The molecule has 1 atom stereocenters. The molecule has 3 rings (SSSR count). The van der Waals surface area contributed by atoms with Crippen LogP contribution in [0.4, 0.5) is 0 Å². The zero-order valence-electron chi connectivity index (χ0n) is 9.31. The van der Waals surface area contributed by atoms with Crippen LogP contribution in [0.3, 0.4) is 0 Å². The first-order valence-corrected chi connectivity index (χ1v) is 6.54. The molecular formula is C12H10AsN3O2. The first-order valence-electron chi connectivity index (χ1n) is 5.33. The molecule has 1 unspecified atom stereocenters. The van der Waals surface area contributed by atoms with Gasteiger partial charge in [-0.25, -0.2) is 0 Å². The molecule has 0 aliphatic rings. The molecule has 0 radical (unpaired) electrons. The number of hydrogen-bond acceptors (Lipinski definition) is 3. The van der Waals surface area contributed by atoms with Crippen LogP contribution in [-0.4, -0.2) is 31.8 Å². The molecule has 2 heterocycles. The summed E-state index contributed by atoms with van der Waals surface area (Å²) >= 11 is 1.53. The first-order chi connectivity index (χ1) is 8.72. The molecule has 0 spiro atoms. The summed E-state index contributed by atoms with van der Waals surface area (Å²) in [5.74, 6) is 1.32. The van der Waals surface area contributed by atoms with Crippen molar-refractivity contribution in [3.8, 4) is 11.5 Å². The number of fused-ring (bicyclic) bond motifs is 1. The number of hydrogen-bond donors (Lipinski definition) is 2. The summed E-state index contributed by atoms with van der Waals surface area (Å²) in [6.45, 7) is 0. The second-order valence-corrected chi connectivity index (χ2v) is 5.19. The van der Waals surface area contributed by atoms with Gasteiger partial charge < -0.3 is 0 Å². The molecule has 5 nitrogen and oxygen atoms in total. The monoisotopic (exact) mass is 303 g/mol. The third-order valence-electron chi connectivity index (χ3n) is 2.47. The van der Waals surface area contributed by atoms with Gasteiger partial charge in [-0.3, -0.25) is 0 Å². The van der Waals surface area contributed by atoms with E-state index in [1.54, 1.807) is 12.3 Å².